The van der Waals surface area contributed by atoms with Gasteiger partial charge in [0.2, 0.25) is 0 Å². The highest BCUT2D eigenvalue weighted by Gasteiger charge is 2.29. The zero-order valence-electron chi connectivity index (χ0n) is 10.1. The van der Waals surface area contributed by atoms with Gasteiger partial charge in [-0.15, -0.1) is 0 Å². The first-order valence-corrected chi connectivity index (χ1v) is 5.95. The van der Waals surface area contributed by atoms with Crippen LogP contribution in [-0.2, 0) is 4.79 Å². The maximum atomic E-state index is 12.0. The molecule has 0 aromatic carbocycles. The summed E-state index contributed by atoms with van der Waals surface area (Å²) in [4.78, 5) is 25.7. The maximum Gasteiger partial charge on any atom is 0.323 e. The number of aliphatic hydroxyl groups excluding tert-OH is 1. The molecule has 0 aromatic heterocycles. The number of carbonyl (C=O) groups is 2. The fourth-order valence-electron chi connectivity index (χ4n) is 2.03. The highest BCUT2D eigenvalue weighted by Crippen LogP contribution is 2.17. The van der Waals surface area contributed by atoms with Gasteiger partial charge in [-0.1, -0.05) is 6.92 Å². The number of carbonyl (C=O) groups excluding carboxylic acids is 1. The zero-order valence-corrected chi connectivity index (χ0v) is 10.1. The van der Waals surface area contributed by atoms with Crippen molar-refractivity contribution in [3.63, 3.8) is 0 Å². The van der Waals surface area contributed by atoms with Gasteiger partial charge in [0.05, 0.1) is 0 Å². The van der Waals surface area contributed by atoms with Crippen LogP contribution >= 0.6 is 0 Å². The summed E-state index contributed by atoms with van der Waals surface area (Å²) >= 11 is 0. The van der Waals surface area contributed by atoms with Gasteiger partial charge in [0.25, 0.3) is 0 Å². The molecular formula is C11H20N2O4. The van der Waals surface area contributed by atoms with Gasteiger partial charge in [0, 0.05) is 32.2 Å². The third kappa shape index (κ3) is 3.89. The van der Waals surface area contributed by atoms with Crippen molar-refractivity contribution in [1.29, 1.82) is 0 Å². The summed E-state index contributed by atoms with van der Waals surface area (Å²) in [5.74, 6) is -0.864. The van der Waals surface area contributed by atoms with Crippen LogP contribution in [0.3, 0.4) is 0 Å². The molecule has 2 amide bonds. The lowest BCUT2D eigenvalue weighted by Crippen LogP contribution is -2.44. The third-order valence-electron chi connectivity index (χ3n) is 2.90. The van der Waals surface area contributed by atoms with Crippen LogP contribution in [0.15, 0.2) is 0 Å². The molecule has 1 fully saturated rings. The molecule has 0 bridgehead atoms. The van der Waals surface area contributed by atoms with Crippen molar-refractivity contribution in [3.8, 4) is 0 Å². The largest absolute Gasteiger partial charge is 0.480 e. The average molecular weight is 244 g/mol. The Morgan fingerprint density at radius 2 is 2.18 bits per heavy atom. The molecule has 0 radical (unpaired) electrons. The van der Waals surface area contributed by atoms with Gasteiger partial charge < -0.3 is 20.0 Å². The van der Waals surface area contributed by atoms with E-state index in [-0.39, 0.29) is 25.1 Å². The molecule has 0 spiro atoms. The Morgan fingerprint density at radius 1 is 1.47 bits per heavy atom. The molecule has 0 aromatic rings. The molecule has 6 nitrogen and oxygen atoms in total. The smallest absolute Gasteiger partial charge is 0.323 e. The van der Waals surface area contributed by atoms with Gasteiger partial charge in [-0.2, -0.15) is 0 Å². The molecule has 1 atom stereocenters. The molecular weight excluding hydrogens is 224 g/mol. The molecule has 1 aliphatic heterocycles. The first-order valence-electron chi connectivity index (χ1n) is 5.95. The van der Waals surface area contributed by atoms with E-state index in [1.807, 2.05) is 6.92 Å². The fraction of sp³-hybridized carbons (Fsp3) is 0.818. The minimum Gasteiger partial charge on any atom is -0.480 e. The Labute approximate surface area is 101 Å². The van der Waals surface area contributed by atoms with Crippen LogP contribution in [0.2, 0.25) is 0 Å². The Balaban J connectivity index is 2.55. The van der Waals surface area contributed by atoms with Crippen molar-refractivity contribution in [2.24, 2.45) is 5.92 Å². The number of aliphatic hydroxyl groups is 1. The zero-order chi connectivity index (χ0) is 12.8. The monoisotopic (exact) mass is 244 g/mol. The Bertz CT molecular complexity index is 283. The van der Waals surface area contributed by atoms with Gasteiger partial charge in [0.1, 0.15) is 6.54 Å². The summed E-state index contributed by atoms with van der Waals surface area (Å²) in [7, 11) is 0. The first kappa shape index (κ1) is 13.8. The minimum absolute atomic E-state index is 0.0798. The summed E-state index contributed by atoms with van der Waals surface area (Å²) in [5, 5.41) is 17.8. The average Bonchev–Trinajstić information content (AvgIpc) is 2.75. The first-order chi connectivity index (χ1) is 8.08. The Hall–Kier alpha value is -1.30. The summed E-state index contributed by atoms with van der Waals surface area (Å²) in [6, 6.07) is -0.231. The van der Waals surface area contributed by atoms with E-state index in [9.17, 15) is 9.59 Å². The lowest BCUT2D eigenvalue weighted by molar-refractivity contribution is -0.137. The van der Waals surface area contributed by atoms with Crippen LogP contribution in [0.25, 0.3) is 0 Å². The molecule has 1 rings (SSSR count). The normalized spacial score (nSPS) is 19.4. The van der Waals surface area contributed by atoms with E-state index in [2.05, 4.69) is 0 Å². The molecule has 6 heteroatoms. The van der Waals surface area contributed by atoms with Crippen LogP contribution in [0.1, 0.15) is 19.8 Å². The molecule has 1 heterocycles. The molecule has 0 aliphatic carbocycles. The quantitative estimate of drug-likeness (QED) is 0.724. The van der Waals surface area contributed by atoms with Gasteiger partial charge in [0.15, 0.2) is 0 Å². The maximum absolute atomic E-state index is 12.0. The Morgan fingerprint density at radius 3 is 2.65 bits per heavy atom. The molecule has 17 heavy (non-hydrogen) atoms. The van der Waals surface area contributed by atoms with E-state index in [0.29, 0.717) is 19.6 Å². The van der Waals surface area contributed by atoms with Crippen molar-refractivity contribution < 1.29 is 19.8 Å². The molecule has 2 N–H and O–H groups in total. The van der Waals surface area contributed by atoms with Gasteiger partial charge in [-0.25, -0.2) is 4.79 Å². The van der Waals surface area contributed by atoms with Crippen LogP contribution in [0, 0.1) is 5.92 Å². The number of amides is 2. The van der Waals surface area contributed by atoms with Crippen LogP contribution in [0.4, 0.5) is 4.79 Å². The highest BCUT2D eigenvalue weighted by molar-refractivity contribution is 5.80. The number of rotatable bonds is 5. The highest BCUT2D eigenvalue weighted by atomic mass is 16.4. The number of nitrogens with zero attached hydrogens (tertiary/aromatic N) is 2. The van der Waals surface area contributed by atoms with Gasteiger partial charge in [-0.3, -0.25) is 4.79 Å². The van der Waals surface area contributed by atoms with Crippen molar-refractivity contribution in [1.82, 2.24) is 9.80 Å². The van der Waals surface area contributed by atoms with Crippen LogP contribution in [-0.4, -0.2) is 64.8 Å². The van der Waals surface area contributed by atoms with E-state index < -0.39 is 5.97 Å². The topological polar surface area (TPSA) is 81.1 Å². The number of carboxylic acid groups (broad SMARTS) is 1. The predicted molar refractivity (Wildman–Crippen MR) is 61.7 cm³/mol. The van der Waals surface area contributed by atoms with E-state index >= 15 is 0 Å². The SMILES string of the molecule is CCCN(CC(=O)O)C(=O)N1CCC(CO)C1. The predicted octanol–water partition coefficient (Wildman–Crippen LogP) is 0.217. The number of urea groups is 1. The van der Waals surface area contributed by atoms with Crippen molar-refractivity contribution in [2.75, 3.05) is 32.8 Å². The van der Waals surface area contributed by atoms with Crippen molar-refractivity contribution in [3.05, 3.63) is 0 Å². The summed E-state index contributed by atoms with van der Waals surface area (Å²) in [6.07, 6.45) is 1.52. The Kier molecular flexibility index (Phi) is 5.21. The second-order valence-electron chi connectivity index (χ2n) is 4.38. The summed E-state index contributed by atoms with van der Waals surface area (Å²) in [5.41, 5.74) is 0. The number of hydrogen-bond donors (Lipinski definition) is 2. The lowest BCUT2D eigenvalue weighted by atomic mass is 10.1. The molecule has 98 valence electrons. The molecule has 1 unspecified atom stereocenters. The number of aliphatic carboxylic acids is 1. The number of hydrogen-bond acceptors (Lipinski definition) is 3. The minimum atomic E-state index is -0.996. The lowest BCUT2D eigenvalue weighted by Gasteiger charge is -2.26. The van der Waals surface area contributed by atoms with Crippen LogP contribution < -0.4 is 0 Å². The van der Waals surface area contributed by atoms with Gasteiger partial charge in [-0.05, 0) is 12.8 Å². The molecule has 1 saturated heterocycles. The van der Waals surface area contributed by atoms with Crippen molar-refractivity contribution in [2.45, 2.75) is 19.8 Å². The number of likely N-dealkylation sites (tertiary alicyclic amines) is 1. The van der Waals surface area contributed by atoms with Crippen LogP contribution in [0.5, 0.6) is 0 Å². The standard InChI is InChI=1S/C11H20N2O4/c1-2-4-12(7-10(15)16)11(17)13-5-3-9(6-13)8-14/h9,14H,2-8H2,1H3,(H,15,16). The van der Waals surface area contributed by atoms with E-state index in [1.54, 1.807) is 4.90 Å². The van der Waals surface area contributed by atoms with E-state index in [0.717, 1.165) is 12.8 Å². The fourth-order valence-corrected chi connectivity index (χ4v) is 2.03. The summed E-state index contributed by atoms with van der Waals surface area (Å²) in [6.45, 7) is 3.30. The number of carboxylic acids is 1. The second kappa shape index (κ2) is 6.44. The third-order valence-corrected chi connectivity index (χ3v) is 2.90. The second-order valence-corrected chi connectivity index (χ2v) is 4.38. The van der Waals surface area contributed by atoms with Gasteiger partial charge >= 0.3 is 12.0 Å². The molecule has 1 aliphatic rings. The van der Waals surface area contributed by atoms with E-state index in [1.165, 1.54) is 4.90 Å². The van der Waals surface area contributed by atoms with E-state index in [4.69, 9.17) is 10.2 Å². The molecule has 0 saturated carbocycles. The summed E-state index contributed by atoms with van der Waals surface area (Å²) < 4.78 is 0. The van der Waals surface area contributed by atoms with Crippen molar-refractivity contribution >= 4 is 12.0 Å².